The second-order valence-corrected chi connectivity index (χ2v) is 5.75. The Morgan fingerprint density at radius 1 is 1.44 bits per heavy atom. The van der Waals surface area contributed by atoms with Gasteiger partial charge in [0.25, 0.3) is 0 Å². The summed E-state index contributed by atoms with van der Waals surface area (Å²) in [7, 11) is 0. The quantitative estimate of drug-likeness (QED) is 0.913. The predicted molar refractivity (Wildman–Crippen MR) is 77.6 cm³/mol. The minimum atomic E-state index is 0.260. The van der Waals surface area contributed by atoms with Crippen molar-refractivity contribution in [2.75, 3.05) is 18.0 Å². The van der Waals surface area contributed by atoms with E-state index in [2.05, 4.69) is 63.4 Å². The van der Waals surface area contributed by atoms with Crippen LogP contribution < -0.4 is 10.2 Å². The van der Waals surface area contributed by atoms with Crippen molar-refractivity contribution < 1.29 is 0 Å². The fourth-order valence-electron chi connectivity index (χ4n) is 2.37. The first-order valence-corrected chi connectivity index (χ1v) is 7.12. The van der Waals surface area contributed by atoms with E-state index in [1.165, 1.54) is 5.69 Å². The fourth-order valence-corrected chi connectivity index (χ4v) is 2.63. The number of anilines is 1. The molecule has 0 aliphatic carbocycles. The third-order valence-corrected chi connectivity index (χ3v) is 3.85. The van der Waals surface area contributed by atoms with E-state index in [0.29, 0.717) is 12.5 Å². The van der Waals surface area contributed by atoms with Crippen LogP contribution in [0, 0.1) is 11.3 Å². The highest BCUT2D eigenvalue weighted by molar-refractivity contribution is 9.10. The van der Waals surface area contributed by atoms with E-state index < -0.39 is 0 Å². The molecule has 0 saturated carbocycles. The third-order valence-electron chi connectivity index (χ3n) is 3.32. The largest absolute Gasteiger partial charge is 0.370 e. The van der Waals surface area contributed by atoms with Crippen LogP contribution in [0.2, 0.25) is 0 Å². The molecule has 1 aliphatic heterocycles. The number of nitriles is 1. The maximum atomic E-state index is 8.88. The first-order chi connectivity index (χ1) is 8.69. The molecule has 18 heavy (non-hydrogen) atoms. The van der Waals surface area contributed by atoms with Crippen LogP contribution in [0.5, 0.6) is 0 Å². The maximum Gasteiger partial charge on any atom is 0.0638 e. The molecule has 2 unspecified atom stereocenters. The molecule has 0 radical (unpaired) electrons. The first kappa shape index (κ1) is 13.4. The highest BCUT2D eigenvalue weighted by Gasteiger charge is 2.21. The Morgan fingerprint density at radius 3 is 2.83 bits per heavy atom. The molecule has 0 amide bonds. The molecule has 1 fully saturated rings. The van der Waals surface area contributed by atoms with Crippen molar-refractivity contribution in [2.24, 2.45) is 0 Å². The van der Waals surface area contributed by atoms with Crippen molar-refractivity contribution in [3.05, 3.63) is 28.7 Å². The zero-order chi connectivity index (χ0) is 13.0. The van der Waals surface area contributed by atoms with Crippen molar-refractivity contribution in [3.63, 3.8) is 0 Å². The Labute approximate surface area is 117 Å². The molecule has 1 aromatic rings. The zero-order valence-corrected chi connectivity index (χ0v) is 12.2. The molecule has 4 heteroatoms. The van der Waals surface area contributed by atoms with Crippen LogP contribution in [0.3, 0.4) is 0 Å². The summed E-state index contributed by atoms with van der Waals surface area (Å²) in [5.41, 5.74) is 1.23. The summed E-state index contributed by atoms with van der Waals surface area (Å²) in [6, 6.07) is 11.4. The first-order valence-electron chi connectivity index (χ1n) is 6.32. The van der Waals surface area contributed by atoms with Gasteiger partial charge in [-0.05, 0) is 37.6 Å². The van der Waals surface area contributed by atoms with Crippen molar-refractivity contribution in [1.82, 2.24) is 5.32 Å². The molecule has 0 aromatic heterocycles. The van der Waals surface area contributed by atoms with E-state index in [4.69, 9.17) is 5.26 Å². The Hall–Kier alpha value is -1.05. The van der Waals surface area contributed by atoms with Crippen molar-refractivity contribution in [2.45, 2.75) is 31.8 Å². The monoisotopic (exact) mass is 307 g/mol. The Balaban J connectivity index is 2.12. The van der Waals surface area contributed by atoms with Gasteiger partial charge in [-0.3, -0.25) is 0 Å². The summed E-state index contributed by atoms with van der Waals surface area (Å²) in [4.78, 5) is 2.37. The molecule has 1 saturated heterocycles. The van der Waals surface area contributed by atoms with E-state index in [1.807, 2.05) is 0 Å². The molecule has 3 nitrogen and oxygen atoms in total. The predicted octanol–water partition coefficient (Wildman–Crippen LogP) is 2.92. The maximum absolute atomic E-state index is 8.88. The topological polar surface area (TPSA) is 39.1 Å². The molecule has 1 aliphatic rings. The van der Waals surface area contributed by atoms with E-state index in [9.17, 15) is 0 Å². The van der Waals surface area contributed by atoms with Crippen LogP contribution in [0.4, 0.5) is 5.69 Å². The van der Waals surface area contributed by atoms with Gasteiger partial charge in [0.15, 0.2) is 0 Å². The number of hydrogen-bond acceptors (Lipinski definition) is 3. The molecular weight excluding hydrogens is 290 g/mol. The number of rotatable bonds is 2. The molecule has 2 rings (SSSR count). The molecule has 0 spiro atoms. The van der Waals surface area contributed by atoms with Gasteiger partial charge in [-0.1, -0.05) is 15.9 Å². The molecular formula is C14H18BrN3. The summed E-state index contributed by atoms with van der Waals surface area (Å²) in [6.07, 6.45) is 1.68. The van der Waals surface area contributed by atoms with E-state index in [-0.39, 0.29) is 6.04 Å². The van der Waals surface area contributed by atoms with Gasteiger partial charge in [0.2, 0.25) is 0 Å². The van der Waals surface area contributed by atoms with Gasteiger partial charge >= 0.3 is 0 Å². The Bertz CT molecular complexity index is 424. The van der Waals surface area contributed by atoms with Crippen LogP contribution in [0.25, 0.3) is 0 Å². The third kappa shape index (κ3) is 3.47. The minimum absolute atomic E-state index is 0.260. The molecule has 1 N–H and O–H groups in total. The number of benzene rings is 1. The van der Waals surface area contributed by atoms with E-state index >= 15 is 0 Å². The summed E-state index contributed by atoms with van der Waals surface area (Å²) >= 11 is 3.46. The van der Waals surface area contributed by atoms with Gasteiger partial charge in [-0.15, -0.1) is 0 Å². The molecule has 0 bridgehead atoms. The van der Waals surface area contributed by atoms with Crippen LogP contribution >= 0.6 is 15.9 Å². The van der Waals surface area contributed by atoms with Gasteiger partial charge in [-0.2, -0.15) is 5.26 Å². The van der Waals surface area contributed by atoms with Gasteiger partial charge in [0.05, 0.1) is 12.5 Å². The lowest BCUT2D eigenvalue weighted by atomic mass is 10.2. The number of halogens is 1. The SMILES string of the molecule is CC1CCN(c2ccc(Br)cc2)CC(CC#N)N1. The van der Waals surface area contributed by atoms with Crippen LogP contribution in [0.1, 0.15) is 19.8 Å². The average Bonchev–Trinajstić information content (AvgIpc) is 2.53. The van der Waals surface area contributed by atoms with E-state index in [0.717, 1.165) is 24.0 Å². The average molecular weight is 308 g/mol. The van der Waals surface area contributed by atoms with Crippen molar-refractivity contribution in [3.8, 4) is 6.07 Å². The minimum Gasteiger partial charge on any atom is -0.370 e. The van der Waals surface area contributed by atoms with Crippen LogP contribution in [0.15, 0.2) is 28.7 Å². The molecule has 2 atom stereocenters. The Morgan fingerprint density at radius 2 is 2.17 bits per heavy atom. The van der Waals surface area contributed by atoms with Crippen LogP contribution in [-0.4, -0.2) is 25.2 Å². The number of nitrogens with zero attached hydrogens (tertiary/aromatic N) is 2. The number of hydrogen-bond donors (Lipinski definition) is 1. The van der Waals surface area contributed by atoms with Gasteiger partial charge in [0.1, 0.15) is 0 Å². The summed E-state index contributed by atoms with van der Waals surface area (Å²) in [5, 5.41) is 12.4. The molecule has 1 heterocycles. The summed E-state index contributed by atoms with van der Waals surface area (Å²) in [5.74, 6) is 0. The Kier molecular flexibility index (Phi) is 4.62. The van der Waals surface area contributed by atoms with E-state index in [1.54, 1.807) is 0 Å². The normalized spacial score (nSPS) is 24.4. The molecule has 96 valence electrons. The summed E-state index contributed by atoms with van der Waals surface area (Å²) in [6.45, 7) is 4.13. The summed E-state index contributed by atoms with van der Waals surface area (Å²) < 4.78 is 1.10. The number of nitrogens with one attached hydrogen (secondary N) is 1. The van der Waals surface area contributed by atoms with Crippen LogP contribution in [-0.2, 0) is 0 Å². The lowest BCUT2D eigenvalue weighted by molar-refractivity contribution is 0.473. The highest BCUT2D eigenvalue weighted by Crippen LogP contribution is 2.21. The fraction of sp³-hybridized carbons (Fsp3) is 0.500. The zero-order valence-electron chi connectivity index (χ0n) is 10.6. The van der Waals surface area contributed by atoms with Crippen molar-refractivity contribution in [1.29, 1.82) is 5.26 Å². The highest BCUT2D eigenvalue weighted by atomic mass is 79.9. The second kappa shape index (κ2) is 6.21. The second-order valence-electron chi connectivity index (χ2n) is 4.84. The smallest absolute Gasteiger partial charge is 0.0638 e. The lowest BCUT2D eigenvalue weighted by Gasteiger charge is -2.25. The standard InChI is InChI=1S/C14H18BrN3/c1-11-7-9-18(10-13(17-11)6-8-16)14-4-2-12(15)3-5-14/h2-5,11,13,17H,6-7,9-10H2,1H3. The molecule has 1 aromatic carbocycles. The van der Waals surface area contributed by atoms with Gasteiger partial charge in [-0.25, -0.2) is 0 Å². The van der Waals surface area contributed by atoms with Gasteiger partial charge in [0, 0.05) is 35.3 Å². The van der Waals surface area contributed by atoms with Gasteiger partial charge < -0.3 is 10.2 Å². The lowest BCUT2D eigenvalue weighted by Crippen LogP contribution is -2.39. The van der Waals surface area contributed by atoms with Crippen molar-refractivity contribution >= 4 is 21.6 Å².